The third kappa shape index (κ3) is 3.69. The largest absolute Gasteiger partial charge is 0.379 e. The number of ether oxygens (including phenoxy) is 1. The molecule has 0 spiro atoms. The van der Waals surface area contributed by atoms with Crippen molar-refractivity contribution in [2.75, 3.05) is 26.3 Å². The fourth-order valence-corrected chi connectivity index (χ4v) is 2.45. The lowest BCUT2D eigenvalue weighted by Crippen LogP contribution is -2.48. The van der Waals surface area contributed by atoms with Crippen LogP contribution in [0.4, 0.5) is 0 Å². The summed E-state index contributed by atoms with van der Waals surface area (Å²) in [7, 11) is 0. The highest BCUT2D eigenvalue weighted by molar-refractivity contribution is 5.80. The molecular weight excluding hydrogens is 228 g/mol. The SMILES string of the molecule is CCCNC1COCC1C(=O)N(CC)C(C)CC. The lowest BCUT2D eigenvalue weighted by atomic mass is 10.0. The van der Waals surface area contributed by atoms with Gasteiger partial charge in [-0.05, 0) is 33.2 Å². The molecule has 1 aliphatic heterocycles. The van der Waals surface area contributed by atoms with Crippen molar-refractivity contribution in [3.63, 3.8) is 0 Å². The molecule has 3 unspecified atom stereocenters. The molecule has 4 nitrogen and oxygen atoms in total. The van der Waals surface area contributed by atoms with Crippen LogP contribution < -0.4 is 5.32 Å². The Hall–Kier alpha value is -0.610. The van der Waals surface area contributed by atoms with Crippen molar-refractivity contribution in [3.05, 3.63) is 0 Å². The minimum absolute atomic E-state index is 0.00880. The van der Waals surface area contributed by atoms with Crippen LogP contribution in [-0.2, 0) is 9.53 Å². The number of hydrogen-bond acceptors (Lipinski definition) is 3. The van der Waals surface area contributed by atoms with Gasteiger partial charge in [-0.15, -0.1) is 0 Å². The molecule has 0 bridgehead atoms. The predicted molar refractivity (Wildman–Crippen MR) is 73.5 cm³/mol. The molecule has 4 heteroatoms. The first-order chi connectivity index (χ1) is 8.65. The summed E-state index contributed by atoms with van der Waals surface area (Å²) < 4.78 is 5.49. The van der Waals surface area contributed by atoms with E-state index in [9.17, 15) is 4.79 Å². The van der Waals surface area contributed by atoms with Crippen molar-refractivity contribution in [1.82, 2.24) is 10.2 Å². The number of hydrogen-bond donors (Lipinski definition) is 1. The van der Waals surface area contributed by atoms with Gasteiger partial charge in [-0.25, -0.2) is 0 Å². The van der Waals surface area contributed by atoms with Gasteiger partial charge in [0.05, 0.1) is 19.1 Å². The smallest absolute Gasteiger partial charge is 0.229 e. The minimum atomic E-state index is -0.00880. The number of rotatable bonds is 7. The van der Waals surface area contributed by atoms with E-state index in [0.29, 0.717) is 19.3 Å². The second kappa shape index (κ2) is 7.74. The molecule has 1 rings (SSSR count). The van der Waals surface area contributed by atoms with Gasteiger partial charge in [-0.2, -0.15) is 0 Å². The summed E-state index contributed by atoms with van der Waals surface area (Å²) in [5.41, 5.74) is 0. The molecule has 106 valence electrons. The highest BCUT2D eigenvalue weighted by Crippen LogP contribution is 2.19. The van der Waals surface area contributed by atoms with Gasteiger partial charge >= 0.3 is 0 Å². The van der Waals surface area contributed by atoms with Crippen LogP contribution in [0.15, 0.2) is 0 Å². The van der Waals surface area contributed by atoms with Crippen molar-refractivity contribution >= 4 is 5.91 Å². The molecule has 3 atom stereocenters. The van der Waals surface area contributed by atoms with E-state index in [2.05, 4.69) is 26.1 Å². The van der Waals surface area contributed by atoms with Gasteiger partial charge in [0.2, 0.25) is 5.91 Å². The molecule has 1 aliphatic rings. The van der Waals surface area contributed by atoms with E-state index in [-0.39, 0.29) is 17.9 Å². The molecule has 0 saturated carbocycles. The molecule has 0 aliphatic carbocycles. The predicted octanol–water partition coefficient (Wildman–Crippen LogP) is 1.65. The van der Waals surface area contributed by atoms with Crippen molar-refractivity contribution in [2.24, 2.45) is 5.92 Å². The standard InChI is InChI=1S/C14H28N2O2/c1-5-8-15-13-10-18-9-12(13)14(17)16(7-3)11(4)6-2/h11-13,15H,5-10H2,1-4H3. The van der Waals surface area contributed by atoms with Crippen molar-refractivity contribution in [3.8, 4) is 0 Å². The van der Waals surface area contributed by atoms with E-state index in [1.54, 1.807) is 0 Å². The summed E-state index contributed by atoms with van der Waals surface area (Å²) in [6.07, 6.45) is 2.08. The molecule has 0 aromatic heterocycles. The number of amides is 1. The summed E-state index contributed by atoms with van der Waals surface area (Å²) in [6, 6.07) is 0.505. The van der Waals surface area contributed by atoms with E-state index in [1.807, 2.05) is 11.8 Å². The summed E-state index contributed by atoms with van der Waals surface area (Å²) >= 11 is 0. The molecule has 0 aromatic rings. The van der Waals surface area contributed by atoms with Gasteiger partial charge in [0.15, 0.2) is 0 Å². The Labute approximate surface area is 111 Å². The average Bonchev–Trinajstić information content (AvgIpc) is 2.84. The minimum Gasteiger partial charge on any atom is -0.379 e. The first kappa shape index (κ1) is 15.4. The van der Waals surface area contributed by atoms with E-state index in [0.717, 1.165) is 25.9 Å². The van der Waals surface area contributed by atoms with E-state index >= 15 is 0 Å². The van der Waals surface area contributed by atoms with Gasteiger partial charge in [-0.1, -0.05) is 13.8 Å². The third-order valence-corrected chi connectivity index (χ3v) is 3.80. The lowest BCUT2D eigenvalue weighted by molar-refractivity contribution is -0.137. The van der Waals surface area contributed by atoms with Gasteiger partial charge < -0.3 is 15.0 Å². The van der Waals surface area contributed by atoms with Crippen LogP contribution in [0.5, 0.6) is 0 Å². The molecule has 1 amide bonds. The quantitative estimate of drug-likeness (QED) is 0.753. The molecule has 1 heterocycles. The zero-order valence-electron chi connectivity index (χ0n) is 12.2. The van der Waals surface area contributed by atoms with E-state index in [4.69, 9.17) is 4.74 Å². The average molecular weight is 256 g/mol. The Morgan fingerprint density at radius 2 is 2.11 bits per heavy atom. The summed E-state index contributed by atoms with van der Waals surface area (Å²) in [5.74, 6) is 0.239. The van der Waals surface area contributed by atoms with E-state index < -0.39 is 0 Å². The number of nitrogens with one attached hydrogen (secondary N) is 1. The van der Waals surface area contributed by atoms with Crippen molar-refractivity contribution in [2.45, 2.75) is 52.6 Å². The molecule has 0 radical (unpaired) electrons. The highest BCUT2D eigenvalue weighted by Gasteiger charge is 2.36. The van der Waals surface area contributed by atoms with Gasteiger partial charge in [-0.3, -0.25) is 4.79 Å². The lowest BCUT2D eigenvalue weighted by Gasteiger charge is -2.31. The zero-order valence-corrected chi connectivity index (χ0v) is 12.2. The van der Waals surface area contributed by atoms with Crippen LogP contribution >= 0.6 is 0 Å². The Kier molecular flexibility index (Phi) is 6.65. The maximum absolute atomic E-state index is 12.6. The summed E-state index contributed by atoms with van der Waals surface area (Å²) in [6.45, 7) is 11.4. The van der Waals surface area contributed by atoms with Crippen molar-refractivity contribution in [1.29, 1.82) is 0 Å². The van der Waals surface area contributed by atoms with Crippen LogP contribution in [0, 0.1) is 5.92 Å². The zero-order chi connectivity index (χ0) is 13.5. The highest BCUT2D eigenvalue weighted by atomic mass is 16.5. The first-order valence-electron chi connectivity index (χ1n) is 7.27. The molecular formula is C14H28N2O2. The maximum Gasteiger partial charge on any atom is 0.229 e. The topological polar surface area (TPSA) is 41.6 Å². The van der Waals surface area contributed by atoms with Crippen LogP contribution in [-0.4, -0.2) is 49.2 Å². The molecule has 18 heavy (non-hydrogen) atoms. The van der Waals surface area contributed by atoms with Crippen LogP contribution in [0.25, 0.3) is 0 Å². The van der Waals surface area contributed by atoms with Crippen LogP contribution in [0.2, 0.25) is 0 Å². The Morgan fingerprint density at radius 3 is 2.67 bits per heavy atom. The van der Waals surface area contributed by atoms with Gasteiger partial charge in [0.25, 0.3) is 0 Å². The number of carbonyl (C=O) groups is 1. The Morgan fingerprint density at radius 1 is 1.39 bits per heavy atom. The second-order valence-electron chi connectivity index (χ2n) is 5.09. The van der Waals surface area contributed by atoms with E-state index in [1.165, 1.54) is 0 Å². The Bertz CT molecular complexity index is 258. The first-order valence-corrected chi connectivity index (χ1v) is 7.27. The molecule has 0 aromatic carbocycles. The second-order valence-corrected chi connectivity index (χ2v) is 5.09. The Balaban J connectivity index is 2.62. The summed E-state index contributed by atoms with van der Waals surface area (Å²) in [4.78, 5) is 14.5. The molecule has 1 N–H and O–H groups in total. The number of nitrogens with zero attached hydrogens (tertiary/aromatic N) is 1. The molecule has 1 fully saturated rings. The normalized spacial score (nSPS) is 25.1. The van der Waals surface area contributed by atoms with Crippen molar-refractivity contribution < 1.29 is 9.53 Å². The fraction of sp³-hybridized carbons (Fsp3) is 0.929. The third-order valence-electron chi connectivity index (χ3n) is 3.80. The van der Waals surface area contributed by atoms with Crippen LogP contribution in [0.3, 0.4) is 0 Å². The summed E-state index contributed by atoms with van der Waals surface area (Å²) in [5, 5.41) is 3.43. The van der Waals surface area contributed by atoms with Crippen LogP contribution in [0.1, 0.15) is 40.5 Å². The monoisotopic (exact) mass is 256 g/mol. The van der Waals surface area contributed by atoms with Gasteiger partial charge in [0.1, 0.15) is 0 Å². The molecule has 1 saturated heterocycles. The fourth-order valence-electron chi connectivity index (χ4n) is 2.45. The maximum atomic E-state index is 12.6. The number of carbonyl (C=O) groups excluding carboxylic acids is 1. The van der Waals surface area contributed by atoms with Gasteiger partial charge in [0, 0.05) is 18.6 Å².